The Balaban J connectivity index is 1.67. The smallest absolute Gasteiger partial charge is 0.118 e. The maximum atomic E-state index is 5.33. The summed E-state index contributed by atoms with van der Waals surface area (Å²) in [6.07, 6.45) is 8.53. The van der Waals surface area contributed by atoms with E-state index in [0.717, 1.165) is 28.3 Å². The summed E-state index contributed by atoms with van der Waals surface area (Å²) < 4.78 is 10.6. The summed E-state index contributed by atoms with van der Waals surface area (Å²) in [5.41, 5.74) is 6.47. The molecule has 3 aromatic rings. The molecule has 4 nitrogen and oxygen atoms in total. The van der Waals surface area contributed by atoms with E-state index in [-0.39, 0.29) is 0 Å². The second kappa shape index (κ2) is 8.25. The molecule has 0 fully saturated rings. The van der Waals surface area contributed by atoms with Crippen LogP contribution in [0.4, 0.5) is 5.69 Å². The molecule has 0 spiro atoms. The van der Waals surface area contributed by atoms with Crippen LogP contribution in [0.2, 0.25) is 0 Å². The van der Waals surface area contributed by atoms with Crippen molar-refractivity contribution in [1.82, 2.24) is 5.43 Å². The molecule has 0 bridgehead atoms. The number of methoxy groups -OCH3 is 2. The van der Waals surface area contributed by atoms with E-state index < -0.39 is 5.54 Å². The van der Waals surface area contributed by atoms with E-state index in [1.54, 1.807) is 14.2 Å². The molecule has 146 valence electrons. The molecule has 1 aliphatic heterocycles. The highest BCUT2D eigenvalue weighted by Crippen LogP contribution is 2.33. The maximum Gasteiger partial charge on any atom is 0.118 e. The lowest BCUT2D eigenvalue weighted by molar-refractivity contribution is 0.414. The van der Waals surface area contributed by atoms with Gasteiger partial charge in [-0.2, -0.15) is 0 Å². The van der Waals surface area contributed by atoms with Gasteiger partial charge in [0.1, 0.15) is 17.0 Å². The first-order valence-corrected chi connectivity index (χ1v) is 9.52. The van der Waals surface area contributed by atoms with E-state index in [2.05, 4.69) is 54.1 Å². The van der Waals surface area contributed by atoms with Gasteiger partial charge in [0.25, 0.3) is 0 Å². The molecule has 1 atom stereocenters. The minimum atomic E-state index is -0.470. The summed E-state index contributed by atoms with van der Waals surface area (Å²) in [5.74, 6) is 1.69. The fraction of sp³-hybridized carbons (Fsp3) is 0.120. The third-order valence-corrected chi connectivity index (χ3v) is 5.05. The lowest BCUT2D eigenvalue weighted by atomic mass is 9.90. The van der Waals surface area contributed by atoms with Crippen LogP contribution in [0.15, 0.2) is 97.2 Å². The molecule has 4 rings (SSSR count). The highest BCUT2D eigenvalue weighted by Gasteiger charge is 2.33. The molecular formula is C25H24N2O2. The van der Waals surface area contributed by atoms with E-state index in [1.807, 2.05) is 59.6 Å². The van der Waals surface area contributed by atoms with Crippen LogP contribution in [0.5, 0.6) is 11.5 Å². The lowest BCUT2D eigenvalue weighted by Crippen LogP contribution is -2.43. The molecule has 0 radical (unpaired) electrons. The van der Waals surface area contributed by atoms with Crippen LogP contribution in [0.1, 0.15) is 11.1 Å². The van der Waals surface area contributed by atoms with Gasteiger partial charge in [0.05, 0.1) is 19.9 Å². The van der Waals surface area contributed by atoms with Gasteiger partial charge in [-0.15, -0.1) is 0 Å². The van der Waals surface area contributed by atoms with Crippen molar-refractivity contribution < 1.29 is 9.47 Å². The van der Waals surface area contributed by atoms with Crippen LogP contribution >= 0.6 is 0 Å². The first-order chi connectivity index (χ1) is 14.2. The van der Waals surface area contributed by atoms with Crippen molar-refractivity contribution in [1.29, 1.82) is 0 Å². The van der Waals surface area contributed by atoms with Gasteiger partial charge in [-0.3, -0.25) is 5.01 Å². The zero-order chi connectivity index (χ0) is 20.1. The van der Waals surface area contributed by atoms with Crippen LogP contribution in [-0.4, -0.2) is 14.2 Å². The van der Waals surface area contributed by atoms with Crippen molar-refractivity contribution in [2.75, 3.05) is 19.2 Å². The topological polar surface area (TPSA) is 33.7 Å². The monoisotopic (exact) mass is 384 g/mol. The first kappa shape index (κ1) is 18.8. The number of ether oxygens (including phenoxy) is 2. The SMILES string of the molecule is COc1ccc(C=CC2(c3ccc(OC)cc3)C=CN(c3ccccc3)N2)cc1. The zero-order valence-electron chi connectivity index (χ0n) is 16.6. The van der Waals surface area contributed by atoms with Gasteiger partial charge >= 0.3 is 0 Å². The van der Waals surface area contributed by atoms with Gasteiger partial charge in [-0.25, -0.2) is 5.43 Å². The number of hydrogen-bond donors (Lipinski definition) is 1. The summed E-state index contributed by atoms with van der Waals surface area (Å²) in [7, 11) is 3.36. The molecule has 4 heteroatoms. The van der Waals surface area contributed by atoms with Gasteiger partial charge in [0, 0.05) is 6.20 Å². The molecule has 29 heavy (non-hydrogen) atoms. The number of anilines is 1. The molecule has 1 aliphatic rings. The number of hydrazine groups is 1. The fourth-order valence-electron chi connectivity index (χ4n) is 3.36. The number of nitrogens with one attached hydrogen (secondary N) is 1. The van der Waals surface area contributed by atoms with E-state index >= 15 is 0 Å². The Morgan fingerprint density at radius 1 is 0.793 bits per heavy atom. The van der Waals surface area contributed by atoms with Crippen molar-refractivity contribution in [2.24, 2.45) is 0 Å². The average Bonchev–Trinajstić information content (AvgIpc) is 3.24. The Hall–Kier alpha value is -3.50. The van der Waals surface area contributed by atoms with Gasteiger partial charge in [-0.05, 0) is 53.6 Å². The van der Waals surface area contributed by atoms with Crippen molar-refractivity contribution in [3.63, 3.8) is 0 Å². The quantitative estimate of drug-likeness (QED) is 0.637. The second-order valence-corrected chi connectivity index (χ2v) is 6.84. The van der Waals surface area contributed by atoms with E-state index in [0.29, 0.717) is 0 Å². The normalized spacial score (nSPS) is 18.3. The Kier molecular flexibility index (Phi) is 5.36. The van der Waals surface area contributed by atoms with Crippen LogP contribution in [0.25, 0.3) is 6.08 Å². The molecular weight excluding hydrogens is 360 g/mol. The molecule has 1 unspecified atom stereocenters. The molecule has 0 aromatic heterocycles. The molecule has 3 aromatic carbocycles. The Bertz CT molecular complexity index is 995. The van der Waals surface area contributed by atoms with Gasteiger partial charge in [0.2, 0.25) is 0 Å². The summed E-state index contributed by atoms with van der Waals surface area (Å²) in [4.78, 5) is 0. The highest BCUT2D eigenvalue weighted by molar-refractivity contribution is 5.59. The summed E-state index contributed by atoms with van der Waals surface area (Å²) in [6.45, 7) is 0. The van der Waals surface area contributed by atoms with Crippen molar-refractivity contribution >= 4 is 11.8 Å². The largest absolute Gasteiger partial charge is 0.497 e. The number of benzene rings is 3. The van der Waals surface area contributed by atoms with Crippen molar-refractivity contribution in [3.05, 3.63) is 108 Å². The molecule has 0 saturated heterocycles. The highest BCUT2D eigenvalue weighted by atomic mass is 16.5. The number of rotatable bonds is 6. The number of para-hydroxylation sites is 1. The van der Waals surface area contributed by atoms with Crippen LogP contribution < -0.4 is 19.9 Å². The first-order valence-electron chi connectivity index (χ1n) is 9.52. The molecule has 1 heterocycles. The molecule has 1 N–H and O–H groups in total. The average molecular weight is 384 g/mol. The predicted molar refractivity (Wildman–Crippen MR) is 118 cm³/mol. The maximum absolute atomic E-state index is 5.33. The molecule has 0 aliphatic carbocycles. The molecule has 0 amide bonds. The zero-order valence-corrected chi connectivity index (χ0v) is 16.6. The minimum Gasteiger partial charge on any atom is -0.497 e. The lowest BCUT2D eigenvalue weighted by Gasteiger charge is -2.29. The van der Waals surface area contributed by atoms with E-state index in [1.165, 1.54) is 0 Å². The minimum absolute atomic E-state index is 0.470. The number of hydrogen-bond acceptors (Lipinski definition) is 4. The van der Waals surface area contributed by atoms with Crippen LogP contribution in [0.3, 0.4) is 0 Å². The van der Waals surface area contributed by atoms with Gasteiger partial charge in [-0.1, -0.05) is 54.6 Å². The van der Waals surface area contributed by atoms with E-state index in [4.69, 9.17) is 9.47 Å². The van der Waals surface area contributed by atoms with Crippen molar-refractivity contribution in [2.45, 2.75) is 5.54 Å². The summed E-state index contributed by atoms with van der Waals surface area (Å²) in [5, 5.41) is 2.04. The fourth-order valence-corrected chi connectivity index (χ4v) is 3.36. The predicted octanol–water partition coefficient (Wildman–Crippen LogP) is 5.15. The van der Waals surface area contributed by atoms with Crippen molar-refractivity contribution in [3.8, 4) is 11.5 Å². The second-order valence-electron chi connectivity index (χ2n) is 6.84. The summed E-state index contributed by atoms with van der Waals surface area (Å²) in [6, 6.07) is 26.4. The molecule has 0 saturated carbocycles. The third-order valence-electron chi connectivity index (χ3n) is 5.05. The Labute approximate surface area is 171 Å². The van der Waals surface area contributed by atoms with Gasteiger partial charge in [0.15, 0.2) is 0 Å². The third kappa shape index (κ3) is 4.03. The Morgan fingerprint density at radius 3 is 2.03 bits per heavy atom. The van der Waals surface area contributed by atoms with Gasteiger partial charge < -0.3 is 9.47 Å². The Morgan fingerprint density at radius 2 is 1.41 bits per heavy atom. The van der Waals surface area contributed by atoms with E-state index in [9.17, 15) is 0 Å². The van der Waals surface area contributed by atoms with Crippen LogP contribution in [-0.2, 0) is 5.54 Å². The number of nitrogens with zero attached hydrogens (tertiary/aromatic N) is 1. The van der Waals surface area contributed by atoms with Crippen LogP contribution in [0, 0.1) is 0 Å². The standard InChI is InChI=1S/C25H24N2O2/c1-28-23-12-8-20(9-13-23)16-17-25(21-10-14-24(29-2)15-11-21)18-19-27(26-25)22-6-4-3-5-7-22/h3-19,26H,1-2H3. The summed E-state index contributed by atoms with van der Waals surface area (Å²) >= 11 is 0.